The van der Waals surface area contributed by atoms with Crippen molar-refractivity contribution in [1.82, 2.24) is 4.57 Å². The first kappa shape index (κ1) is 21.2. The molecule has 0 saturated carbocycles. The summed E-state index contributed by atoms with van der Waals surface area (Å²) in [6.45, 7) is 1.86. The lowest BCUT2D eigenvalue weighted by Crippen LogP contribution is -2.22. The van der Waals surface area contributed by atoms with Crippen molar-refractivity contribution >= 4 is 22.6 Å². The molecular weight excluding hydrogens is 415 g/mol. The van der Waals surface area contributed by atoms with Gasteiger partial charge in [-0.05, 0) is 30.7 Å². The highest BCUT2D eigenvalue weighted by atomic mass is 19.1. The van der Waals surface area contributed by atoms with Crippen LogP contribution in [0.3, 0.4) is 0 Å². The Kier molecular flexibility index (Phi) is 5.68. The minimum absolute atomic E-state index is 0.153. The number of anilines is 1. The van der Waals surface area contributed by atoms with E-state index in [9.17, 15) is 14.0 Å². The van der Waals surface area contributed by atoms with Crippen molar-refractivity contribution in [1.29, 1.82) is 0 Å². The van der Waals surface area contributed by atoms with Gasteiger partial charge in [-0.25, -0.2) is 4.39 Å². The zero-order valence-electron chi connectivity index (χ0n) is 17.8. The zero-order chi connectivity index (χ0) is 22.8. The maximum atomic E-state index is 13.2. The van der Waals surface area contributed by atoms with Gasteiger partial charge in [-0.15, -0.1) is 0 Å². The molecule has 0 radical (unpaired) electrons. The number of rotatable bonds is 6. The maximum Gasteiger partial charge on any atom is 0.262 e. The first-order valence-electron chi connectivity index (χ1n) is 9.81. The van der Waals surface area contributed by atoms with Gasteiger partial charge < -0.3 is 23.8 Å². The molecule has 8 heteroatoms. The Bertz CT molecular complexity index is 1330. The maximum absolute atomic E-state index is 13.2. The molecule has 0 atom stereocenters. The van der Waals surface area contributed by atoms with E-state index in [-0.39, 0.29) is 28.9 Å². The number of carbonyl (C=O) groups excluding carboxylic acids is 1. The van der Waals surface area contributed by atoms with Crippen LogP contribution in [0.15, 0.2) is 63.9 Å². The van der Waals surface area contributed by atoms with Gasteiger partial charge in [0.15, 0.2) is 0 Å². The van der Waals surface area contributed by atoms with E-state index in [4.69, 9.17) is 13.9 Å². The molecule has 0 unspecified atom stereocenters. The van der Waals surface area contributed by atoms with Crippen molar-refractivity contribution in [2.75, 3.05) is 19.5 Å². The summed E-state index contributed by atoms with van der Waals surface area (Å²) >= 11 is 0. The number of nitrogens with one attached hydrogen (secondary N) is 1. The molecule has 1 N–H and O–H groups in total. The van der Waals surface area contributed by atoms with E-state index in [1.807, 2.05) is 0 Å². The molecule has 7 nitrogen and oxygen atoms in total. The van der Waals surface area contributed by atoms with Crippen LogP contribution < -0.4 is 20.3 Å². The second-order valence-corrected chi connectivity index (χ2v) is 7.20. The monoisotopic (exact) mass is 436 g/mol. The molecule has 2 aromatic carbocycles. The van der Waals surface area contributed by atoms with E-state index in [1.54, 1.807) is 49.5 Å². The highest BCUT2D eigenvalue weighted by Gasteiger charge is 2.22. The number of benzene rings is 2. The van der Waals surface area contributed by atoms with E-state index in [1.165, 1.54) is 30.9 Å². The fourth-order valence-corrected chi connectivity index (χ4v) is 3.52. The Labute approximate surface area is 183 Å². The minimum atomic E-state index is -0.492. The van der Waals surface area contributed by atoms with Gasteiger partial charge in [0.25, 0.3) is 11.5 Å². The van der Waals surface area contributed by atoms with Crippen molar-refractivity contribution in [3.05, 3.63) is 87.8 Å². The summed E-state index contributed by atoms with van der Waals surface area (Å²) < 4.78 is 30.8. The third-order valence-electron chi connectivity index (χ3n) is 5.09. The van der Waals surface area contributed by atoms with Crippen LogP contribution in [0.25, 0.3) is 11.0 Å². The predicted octanol–water partition coefficient (Wildman–Crippen LogP) is 4.36. The molecule has 0 spiro atoms. The summed E-state index contributed by atoms with van der Waals surface area (Å²) in [7, 11) is 3.02. The molecule has 0 bridgehead atoms. The number of furan rings is 1. The Balaban J connectivity index is 1.72. The van der Waals surface area contributed by atoms with Gasteiger partial charge in [-0.3, -0.25) is 9.59 Å². The van der Waals surface area contributed by atoms with Crippen LogP contribution in [0.4, 0.5) is 10.1 Å². The summed E-state index contributed by atoms with van der Waals surface area (Å²) in [6.07, 6.45) is 1.59. The third-order valence-corrected chi connectivity index (χ3v) is 5.09. The number of fused-ring (bicyclic) bond motifs is 1. The van der Waals surface area contributed by atoms with Crippen molar-refractivity contribution in [3.63, 3.8) is 0 Å². The van der Waals surface area contributed by atoms with Crippen LogP contribution >= 0.6 is 0 Å². The van der Waals surface area contributed by atoms with E-state index >= 15 is 0 Å². The van der Waals surface area contributed by atoms with Crippen LogP contribution in [0.5, 0.6) is 11.5 Å². The number of ether oxygens (including phenoxy) is 2. The van der Waals surface area contributed by atoms with Gasteiger partial charge >= 0.3 is 0 Å². The summed E-state index contributed by atoms with van der Waals surface area (Å²) in [5, 5.41) is 2.96. The number of halogens is 1. The average molecular weight is 436 g/mol. The lowest BCUT2D eigenvalue weighted by molar-refractivity contribution is 0.102. The lowest BCUT2D eigenvalue weighted by Gasteiger charge is -2.10. The van der Waals surface area contributed by atoms with Crippen molar-refractivity contribution in [3.8, 4) is 11.5 Å². The Morgan fingerprint density at radius 2 is 1.72 bits per heavy atom. The van der Waals surface area contributed by atoms with Gasteiger partial charge in [0.1, 0.15) is 28.7 Å². The van der Waals surface area contributed by atoms with Gasteiger partial charge in [0, 0.05) is 30.1 Å². The fourth-order valence-electron chi connectivity index (χ4n) is 3.52. The molecule has 0 saturated heterocycles. The van der Waals surface area contributed by atoms with Crippen LogP contribution in [-0.2, 0) is 6.54 Å². The van der Waals surface area contributed by atoms with E-state index in [0.717, 1.165) is 5.56 Å². The zero-order valence-corrected chi connectivity index (χ0v) is 17.8. The number of aryl methyl sites for hydroxylation is 1. The molecule has 0 aliphatic heterocycles. The smallest absolute Gasteiger partial charge is 0.262 e. The molecule has 4 rings (SSSR count). The quantitative estimate of drug-likeness (QED) is 0.486. The summed E-state index contributed by atoms with van der Waals surface area (Å²) in [6, 6.07) is 12.5. The molecule has 0 aliphatic carbocycles. The first-order chi connectivity index (χ1) is 15.4. The second-order valence-electron chi connectivity index (χ2n) is 7.20. The number of carbonyl (C=O) groups is 1. The van der Waals surface area contributed by atoms with Gasteiger partial charge in [-0.1, -0.05) is 12.1 Å². The summed E-state index contributed by atoms with van der Waals surface area (Å²) in [5.74, 6) is 0.498. The SMILES string of the molecule is COc1cc(NC(=O)c2c(C)oc3ccn(Cc4ccc(F)cc4)c(=O)c23)cc(OC)c1. The number of methoxy groups -OCH3 is 2. The van der Waals surface area contributed by atoms with Crippen LogP contribution in [0.2, 0.25) is 0 Å². The Morgan fingerprint density at radius 1 is 1.06 bits per heavy atom. The highest BCUT2D eigenvalue weighted by Crippen LogP contribution is 2.28. The van der Waals surface area contributed by atoms with E-state index in [2.05, 4.69) is 5.32 Å². The molecule has 2 aromatic heterocycles. The van der Waals surface area contributed by atoms with Crippen LogP contribution in [0.1, 0.15) is 21.7 Å². The topological polar surface area (TPSA) is 82.7 Å². The fraction of sp³-hybridized carbons (Fsp3) is 0.167. The van der Waals surface area contributed by atoms with Gasteiger partial charge in [0.2, 0.25) is 0 Å². The molecular formula is C24H21FN2O5. The molecule has 164 valence electrons. The van der Waals surface area contributed by atoms with Crippen LogP contribution in [0, 0.1) is 12.7 Å². The Hall–Kier alpha value is -4.07. The molecule has 0 aliphatic rings. The molecule has 2 heterocycles. The van der Waals surface area contributed by atoms with E-state index < -0.39 is 5.91 Å². The second kappa shape index (κ2) is 8.58. The number of pyridine rings is 1. The predicted molar refractivity (Wildman–Crippen MR) is 118 cm³/mol. The number of amides is 1. The van der Waals surface area contributed by atoms with Crippen molar-refractivity contribution in [2.45, 2.75) is 13.5 Å². The minimum Gasteiger partial charge on any atom is -0.497 e. The third kappa shape index (κ3) is 4.07. The number of nitrogens with zero attached hydrogens (tertiary/aromatic N) is 1. The molecule has 4 aromatic rings. The van der Waals surface area contributed by atoms with Gasteiger partial charge in [-0.2, -0.15) is 0 Å². The molecule has 32 heavy (non-hydrogen) atoms. The summed E-state index contributed by atoms with van der Waals surface area (Å²) in [4.78, 5) is 26.3. The number of aromatic nitrogens is 1. The Morgan fingerprint density at radius 3 is 2.34 bits per heavy atom. The standard InChI is InChI=1S/C24H21FN2O5/c1-14-21(23(28)26-17-10-18(30-2)12-19(11-17)31-3)22-20(32-14)8-9-27(24(22)29)13-15-4-6-16(25)7-5-15/h4-12H,13H2,1-3H3,(H,26,28). The number of hydrogen-bond donors (Lipinski definition) is 1. The first-order valence-corrected chi connectivity index (χ1v) is 9.81. The normalized spacial score (nSPS) is 10.9. The van der Waals surface area contributed by atoms with Crippen molar-refractivity contribution < 1.29 is 23.1 Å². The van der Waals surface area contributed by atoms with E-state index in [0.29, 0.717) is 28.5 Å². The van der Waals surface area contributed by atoms with Crippen molar-refractivity contribution in [2.24, 2.45) is 0 Å². The largest absolute Gasteiger partial charge is 0.497 e. The lowest BCUT2D eigenvalue weighted by atomic mass is 10.1. The average Bonchev–Trinajstić information content (AvgIpc) is 3.13. The molecule has 1 amide bonds. The summed E-state index contributed by atoms with van der Waals surface area (Å²) in [5.41, 5.74) is 1.29. The van der Waals surface area contributed by atoms with Gasteiger partial charge in [0.05, 0.1) is 31.7 Å². The number of hydrogen-bond acceptors (Lipinski definition) is 5. The highest BCUT2D eigenvalue weighted by molar-refractivity contribution is 6.13. The van der Waals surface area contributed by atoms with Crippen LogP contribution in [-0.4, -0.2) is 24.7 Å². The molecule has 0 fully saturated rings.